The van der Waals surface area contributed by atoms with Gasteiger partial charge in [0, 0.05) is 10.1 Å². The van der Waals surface area contributed by atoms with Crippen LogP contribution in [0.25, 0.3) is 0 Å². The summed E-state index contributed by atoms with van der Waals surface area (Å²) in [5.74, 6) is -0.418. The molecule has 26 heavy (non-hydrogen) atoms. The van der Waals surface area contributed by atoms with Gasteiger partial charge in [-0.3, -0.25) is 4.79 Å². The van der Waals surface area contributed by atoms with Crippen molar-refractivity contribution in [1.82, 2.24) is 5.32 Å². The summed E-state index contributed by atoms with van der Waals surface area (Å²) in [6.45, 7) is 3.73. The minimum atomic E-state index is -1.03. The van der Waals surface area contributed by atoms with Crippen LogP contribution in [0.5, 0.6) is 0 Å². The molecular weight excluding hydrogens is 350 g/mol. The molecule has 1 saturated carbocycles. The van der Waals surface area contributed by atoms with Crippen LogP contribution in [-0.4, -0.2) is 22.2 Å². The summed E-state index contributed by atoms with van der Waals surface area (Å²) < 4.78 is 5.42. The van der Waals surface area contributed by atoms with Gasteiger partial charge in [-0.25, -0.2) is 4.79 Å². The molecule has 1 aliphatic rings. The molecule has 138 valence electrons. The zero-order chi connectivity index (χ0) is 18.7. The highest BCUT2D eigenvalue weighted by Crippen LogP contribution is 2.36. The van der Waals surface area contributed by atoms with Crippen LogP contribution >= 0.6 is 11.8 Å². The Hall–Kier alpha value is -2.21. The van der Waals surface area contributed by atoms with E-state index in [1.807, 2.05) is 25.1 Å². The molecule has 0 radical (unpaired) electrons. The molecule has 0 spiro atoms. The van der Waals surface area contributed by atoms with E-state index in [-0.39, 0.29) is 18.0 Å². The topological polar surface area (TPSA) is 79.5 Å². The molecule has 3 rings (SSSR count). The van der Waals surface area contributed by atoms with Gasteiger partial charge >= 0.3 is 5.97 Å². The van der Waals surface area contributed by atoms with E-state index in [1.54, 1.807) is 18.7 Å². The number of carboxylic acid groups (broad SMARTS) is 1. The van der Waals surface area contributed by atoms with Crippen molar-refractivity contribution in [2.75, 3.05) is 0 Å². The molecule has 1 amide bonds. The van der Waals surface area contributed by atoms with Gasteiger partial charge in [0.2, 0.25) is 0 Å². The van der Waals surface area contributed by atoms with Gasteiger partial charge in [-0.2, -0.15) is 0 Å². The first-order chi connectivity index (χ1) is 12.4. The van der Waals surface area contributed by atoms with E-state index in [9.17, 15) is 9.59 Å². The fourth-order valence-corrected chi connectivity index (χ4v) is 4.57. The molecule has 0 atom stereocenters. The van der Waals surface area contributed by atoms with Crippen molar-refractivity contribution in [1.29, 1.82) is 0 Å². The minimum absolute atomic E-state index is 0.127. The summed E-state index contributed by atoms with van der Waals surface area (Å²) in [6.07, 6.45) is 4.91. The summed E-state index contributed by atoms with van der Waals surface area (Å²) >= 11 is 1.79. The predicted molar refractivity (Wildman–Crippen MR) is 101 cm³/mol. The molecule has 2 N–H and O–H groups in total. The Morgan fingerprint density at radius 2 is 1.92 bits per heavy atom. The van der Waals surface area contributed by atoms with Gasteiger partial charge in [0.05, 0.1) is 12.1 Å². The third-order valence-corrected chi connectivity index (χ3v) is 6.01. The highest BCUT2D eigenvalue weighted by Gasteiger charge is 2.20. The first-order valence-electron chi connectivity index (χ1n) is 8.82. The molecule has 0 aliphatic heterocycles. The van der Waals surface area contributed by atoms with Crippen LogP contribution < -0.4 is 5.32 Å². The highest BCUT2D eigenvalue weighted by molar-refractivity contribution is 8.00. The van der Waals surface area contributed by atoms with Crippen molar-refractivity contribution >= 4 is 23.6 Å². The van der Waals surface area contributed by atoms with Crippen molar-refractivity contribution in [3.05, 3.63) is 52.5 Å². The molecule has 1 aromatic carbocycles. The lowest BCUT2D eigenvalue weighted by Crippen LogP contribution is -2.23. The second-order valence-corrected chi connectivity index (χ2v) is 8.04. The standard InChI is InChI=1S/C20H23NO4S/c1-12-7-8-18(26-15-5-3-4-6-15)17(9-12)19(22)21-11-14-10-16(20(23)24)13(2)25-14/h7-10,15H,3-6,11H2,1-2H3,(H,21,22)(H,23,24). The average molecular weight is 373 g/mol. The quantitative estimate of drug-likeness (QED) is 0.776. The first kappa shape index (κ1) is 18.6. The molecule has 1 aliphatic carbocycles. The number of aryl methyl sites for hydroxylation is 2. The number of thioether (sulfide) groups is 1. The molecule has 1 aromatic heterocycles. The molecule has 1 fully saturated rings. The molecule has 2 aromatic rings. The second kappa shape index (κ2) is 7.99. The molecule has 1 heterocycles. The predicted octanol–water partition coefficient (Wildman–Crippen LogP) is 4.56. The van der Waals surface area contributed by atoms with Crippen molar-refractivity contribution < 1.29 is 19.1 Å². The van der Waals surface area contributed by atoms with Crippen LogP contribution in [0.15, 0.2) is 33.6 Å². The lowest BCUT2D eigenvalue weighted by atomic mass is 10.1. The van der Waals surface area contributed by atoms with Crippen LogP contribution in [0.1, 0.15) is 63.5 Å². The van der Waals surface area contributed by atoms with E-state index >= 15 is 0 Å². The fourth-order valence-electron chi connectivity index (χ4n) is 3.22. The van der Waals surface area contributed by atoms with E-state index in [0.717, 1.165) is 10.5 Å². The van der Waals surface area contributed by atoms with Crippen LogP contribution in [0.4, 0.5) is 0 Å². The summed E-state index contributed by atoms with van der Waals surface area (Å²) in [7, 11) is 0. The Bertz CT molecular complexity index is 821. The number of nitrogens with one attached hydrogen (secondary N) is 1. The van der Waals surface area contributed by atoms with Gasteiger partial charge in [0.1, 0.15) is 17.1 Å². The number of rotatable bonds is 6. The Labute approximate surface area is 157 Å². The number of carboxylic acids is 1. The normalized spacial score (nSPS) is 14.5. The Morgan fingerprint density at radius 3 is 2.58 bits per heavy atom. The second-order valence-electron chi connectivity index (χ2n) is 6.69. The van der Waals surface area contributed by atoms with E-state index < -0.39 is 5.97 Å². The summed E-state index contributed by atoms with van der Waals surface area (Å²) in [5.41, 5.74) is 1.83. The van der Waals surface area contributed by atoms with E-state index in [1.165, 1.54) is 31.7 Å². The molecule has 6 heteroatoms. The number of benzene rings is 1. The number of carbonyl (C=O) groups is 2. The zero-order valence-electron chi connectivity index (χ0n) is 15.0. The molecular formula is C20H23NO4S. The van der Waals surface area contributed by atoms with Gasteiger partial charge < -0.3 is 14.8 Å². The van der Waals surface area contributed by atoms with Crippen molar-refractivity contribution in [3.63, 3.8) is 0 Å². The Kier molecular flexibility index (Phi) is 5.71. The number of furan rings is 1. The summed E-state index contributed by atoms with van der Waals surface area (Å²) in [5, 5.41) is 12.5. The average Bonchev–Trinajstić information content (AvgIpc) is 3.23. The smallest absolute Gasteiger partial charge is 0.339 e. The van der Waals surface area contributed by atoms with Crippen LogP contribution in [-0.2, 0) is 6.54 Å². The first-order valence-corrected chi connectivity index (χ1v) is 9.70. The summed E-state index contributed by atoms with van der Waals surface area (Å²) in [4.78, 5) is 24.8. The van der Waals surface area contributed by atoms with Gasteiger partial charge in [0.25, 0.3) is 5.91 Å². The molecule has 0 bridgehead atoms. The van der Waals surface area contributed by atoms with E-state index in [2.05, 4.69) is 5.32 Å². The molecule has 0 saturated heterocycles. The van der Waals surface area contributed by atoms with Gasteiger partial charge in [-0.1, -0.05) is 24.5 Å². The van der Waals surface area contributed by atoms with Gasteiger partial charge in [0.15, 0.2) is 0 Å². The van der Waals surface area contributed by atoms with Gasteiger partial charge in [-0.05, 0) is 44.9 Å². The fraction of sp³-hybridized carbons (Fsp3) is 0.400. The summed E-state index contributed by atoms with van der Waals surface area (Å²) in [6, 6.07) is 7.42. The van der Waals surface area contributed by atoms with E-state index in [4.69, 9.17) is 9.52 Å². The maximum absolute atomic E-state index is 12.7. The number of hydrogen-bond acceptors (Lipinski definition) is 4. The van der Waals surface area contributed by atoms with Crippen LogP contribution in [0.2, 0.25) is 0 Å². The number of amides is 1. The maximum atomic E-state index is 12.7. The Balaban J connectivity index is 1.71. The SMILES string of the molecule is Cc1ccc(SC2CCCC2)c(C(=O)NCc2cc(C(=O)O)c(C)o2)c1. The van der Waals surface area contributed by atoms with Crippen molar-refractivity contribution in [2.45, 2.75) is 56.2 Å². The van der Waals surface area contributed by atoms with Crippen molar-refractivity contribution in [2.24, 2.45) is 0 Å². The highest BCUT2D eigenvalue weighted by atomic mass is 32.2. The lowest BCUT2D eigenvalue weighted by Gasteiger charge is -2.14. The number of hydrogen-bond donors (Lipinski definition) is 2. The largest absolute Gasteiger partial charge is 0.478 e. The minimum Gasteiger partial charge on any atom is -0.478 e. The molecule has 0 unspecified atom stereocenters. The van der Waals surface area contributed by atoms with Crippen LogP contribution in [0, 0.1) is 13.8 Å². The van der Waals surface area contributed by atoms with Gasteiger partial charge in [-0.15, -0.1) is 11.8 Å². The third-order valence-electron chi connectivity index (χ3n) is 4.60. The van der Waals surface area contributed by atoms with E-state index in [0.29, 0.717) is 22.3 Å². The maximum Gasteiger partial charge on any atom is 0.339 e. The van der Waals surface area contributed by atoms with Crippen molar-refractivity contribution in [3.8, 4) is 0 Å². The third kappa shape index (κ3) is 4.30. The number of carbonyl (C=O) groups excluding carboxylic acids is 1. The zero-order valence-corrected chi connectivity index (χ0v) is 15.8. The molecule has 5 nitrogen and oxygen atoms in total. The lowest BCUT2D eigenvalue weighted by molar-refractivity contribution is 0.0694. The Morgan fingerprint density at radius 1 is 1.19 bits per heavy atom. The number of aromatic carboxylic acids is 1. The van der Waals surface area contributed by atoms with Crippen LogP contribution in [0.3, 0.4) is 0 Å². The monoisotopic (exact) mass is 373 g/mol.